The van der Waals surface area contributed by atoms with Gasteiger partial charge in [-0.25, -0.2) is 0 Å². The zero-order chi connectivity index (χ0) is 12.3. The van der Waals surface area contributed by atoms with Crippen LogP contribution in [-0.2, 0) is 6.42 Å². The Labute approximate surface area is 105 Å². The number of ether oxygens (including phenoxy) is 1. The van der Waals surface area contributed by atoms with E-state index in [1.807, 2.05) is 12.1 Å². The van der Waals surface area contributed by atoms with Gasteiger partial charge in [-0.15, -0.1) is 0 Å². The summed E-state index contributed by atoms with van der Waals surface area (Å²) in [5, 5.41) is 8.64. The molecule has 0 aliphatic heterocycles. The lowest BCUT2D eigenvalue weighted by atomic mass is 10.1. The number of aryl methyl sites for hydroxylation is 1. The van der Waals surface area contributed by atoms with E-state index in [0.717, 1.165) is 12.2 Å². The van der Waals surface area contributed by atoms with Crippen molar-refractivity contribution < 1.29 is 9.84 Å². The monoisotopic (exact) mass is 236 g/mol. The zero-order valence-electron chi connectivity index (χ0n) is 10.8. The summed E-state index contributed by atoms with van der Waals surface area (Å²) in [4.78, 5) is 0. The summed E-state index contributed by atoms with van der Waals surface area (Å²) in [5.41, 5.74) is 1.37. The zero-order valence-corrected chi connectivity index (χ0v) is 10.8. The minimum atomic E-state index is 0.0686. The minimum absolute atomic E-state index is 0.0686. The highest BCUT2D eigenvalue weighted by Crippen LogP contribution is 2.14. The van der Waals surface area contributed by atoms with Crippen LogP contribution in [0.3, 0.4) is 0 Å². The van der Waals surface area contributed by atoms with Crippen molar-refractivity contribution in [1.29, 1.82) is 0 Å². The second-order valence-corrected chi connectivity index (χ2v) is 4.38. The second-order valence-electron chi connectivity index (χ2n) is 4.38. The van der Waals surface area contributed by atoms with E-state index < -0.39 is 0 Å². The quantitative estimate of drug-likeness (QED) is 0.664. The second kappa shape index (κ2) is 9.06. The summed E-state index contributed by atoms with van der Waals surface area (Å²) in [6.45, 7) is 2.68. The molecule has 2 heteroatoms. The maximum Gasteiger partial charge on any atom is 0.119 e. The van der Waals surface area contributed by atoms with Crippen LogP contribution in [0.4, 0.5) is 0 Å². The molecular weight excluding hydrogens is 212 g/mol. The van der Waals surface area contributed by atoms with Crippen molar-refractivity contribution in [2.75, 3.05) is 13.2 Å². The molecule has 0 aliphatic rings. The van der Waals surface area contributed by atoms with E-state index in [1.165, 1.54) is 37.7 Å². The molecule has 2 nitrogen and oxygen atoms in total. The van der Waals surface area contributed by atoms with E-state index in [4.69, 9.17) is 9.84 Å². The molecule has 0 aromatic heterocycles. The lowest BCUT2D eigenvalue weighted by Gasteiger charge is -2.05. The van der Waals surface area contributed by atoms with Gasteiger partial charge < -0.3 is 9.84 Å². The molecule has 1 rings (SSSR count). The molecule has 1 aromatic carbocycles. The predicted molar refractivity (Wildman–Crippen MR) is 71.5 cm³/mol. The molecule has 1 aromatic rings. The first-order valence-electron chi connectivity index (χ1n) is 6.69. The number of benzene rings is 1. The van der Waals surface area contributed by atoms with E-state index in [9.17, 15) is 0 Å². The van der Waals surface area contributed by atoms with Crippen molar-refractivity contribution in [3.05, 3.63) is 29.8 Å². The molecule has 0 saturated heterocycles. The number of aliphatic hydroxyl groups is 1. The molecule has 0 aliphatic carbocycles. The summed E-state index contributed by atoms with van der Waals surface area (Å²) in [6.07, 6.45) is 7.77. The molecule has 0 spiro atoms. The van der Waals surface area contributed by atoms with Crippen LogP contribution in [0.25, 0.3) is 0 Å². The highest BCUT2D eigenvalue weighted by Gasteiger charge is 1.96. The first kappa shape index (κ1) is 14.0. The third-order valence-electron chi connectivity index (χ3n) is 2.85. The lowest BCUT2D eigenvalue weighted by molar-refractivity contribution is 0.201. The Morgan fingerprint density at radius 1 is 1.00 bits per heavy atom. The van der Waals surface area contributed by atoms with Gasteiger partial charge in [-0.3, -0.25) is 0 Å². The van der Waals surface area contributed by atoms with E-state index in [2.05, 4.69) is 19.1 Å². The Kier molecular flexibility index (Phi) is 7.48. The van der Waals surface area contributed by atoms with Gasteiger partial charge in [0, 0.05) is 0 Å². The van der Waals surface area contributed by atoms with E-state index in [1.54, 1.807) is 0 Å². The Balaban J connectivity index is 2.20. The number of aliphatic hydroxyl groups excluding tert-OH is 1. The van der Waals surface area contributed by atoms with E-state index in [-0.39, 0.29) is 6.61 Å². The van der Waals surface area contributed by atoms with Gasteiger partial charge in [0.15, 0.2) is 0 Å². The van der Waals surface area contributed by atoms with Gasteiger partial charge in [0.25, 0.3) is 0 Å². The van der Waals surface area contributed by atoms with Crippen molar-refractivity contribution in [3.8, 4) is 5.75 Å². The summed E-state index contributed by atoms with van der Waals surface area (Å²) in [6, 6.07) is 8.20. The Morgan fingerprint density at radius 2 is 1.71 bits per heavy atom. The third-order valence-corrected chi connectivity index (χ3v) is 2.85. The standard InChI is InChI=1S/C15H24O2/c1-2-3-4-5-6-7-14-8-10-15(11-9-14)17-13-12-16/h8-11,16H,2-7,12-13H2,1H3. The van der Waals surface area contributed by atoms with Crippen LogP contribution in [-0.4, -0.2) is 18.3 Å². The average Bonchev–Trinajstić information content (AvgIpc) is 2.37. The first-order chi connectivity index (χ1) is 8.36. The number of hydrogen-bond acceptors (Lipinski definition) is 2. The molecule has 0 heterocycles. The van der Waals surface area contributed by atoms with Crippen molar-refractivity contribution in [2.45, 2.75) is 45.4 Å². The third kappa shape index (κ3) is 6.32. The number of unbranched alkanes of at least 4 members (excludes halogenated alkanes) is 4. The lowest BCUT2D eigenvalue weighted by Crippen LogP contribution is -2.01. The molecule has 1 N–H and O–H groups in total. The summed E-state index contributed by atoms with van der Waals surface area (Å²) in [5.74, 6) is 0.841. The highest BCUT2D eigenvalue weighted by molar-refractivity contribution is 5.27. The van der Waals surface area contributed by atoms with Crippen molar-refractivity contribution >= 4 is 0 Å². The van der Waals surface area contributed by atoms with E-state index in [0.29, 0.717) is 6.61 Å². The van der Waals surface area contributed by atoms with Crippen LogP contribution in [0.15, 0.2) is 24.3 Å². The molecule has 96 valence electrons. The first-order valence-corrected chi connectivity index (χ1v) is 6.69. The van der Waals surface area contributed by atoms with Crippen LogP contribution in [0, 0.1) is 0 Å². The molecule has 0 fully saturated rings. The number of hydrogen-bond donors (Lipinski definition) is 1. The average molecular weight is 236 g/mol. The fourth-order valence-electron chi connectivity index (χ4n) is 1.85. The summed E-state index contributed by atoms with van der Waals surface area (Å²) >= 11 is 0. The largest absolute Gasteiger partial charge is 0.491 e. The van der Waals surface area contributed by atoms with Crippen LogP contribution in [0.2, 0.25) is 0 Å². The van der Waals surface area contributed by atoms with Crippen LogP contribution in [0.1, 0.15) is 44.6 Å². The fraction of sp³-hybridized carbons (Fsp3) is 0.600. The van der Waals surface area contributed by atoms with Crippen LogP contribution in [0.5, 0.6) is 5.75 Å². The van der Waals surface area contributed by atoms with Gasteiger partial charge in [0.1, 0.15) is 12.4 Å². The van der Waals surface area contributed by atoms with Crippen LogP contribution < -0.4 is 4.74 Å². The van der Waals surface area contributed by atoms with Crippen LogP contribution >= 0.6 is 0 Å². The normalized spacial score (nSPS) is 10.5. The predicted octanol–water partition coefficient (Wildman–Crippen LogP) is 3.57. The number of rotatable bonds is 9. The van der Waals surface area contributed by atoms with Gasteiger partial charge in [0.05, 0.1) is 6.61 Å². The maximum absolute atomic E-state index is 8.64. The van der Waals surface area contributed by atoms with Gasteiger partial charge in [-0.05, 0) is 30.5 Å². The van der Waals surface area contributed by atoms with Crippen molar-refractivity contribution in [1.82, 2.24) is 0 Å². The molecule has 17 heavy (non-hydrogen) atoms. The van der Waals surface area contributed by atoms with Gasteiger partial charge >= 0.3 is 0 Å². The Morgan fingerprint density at radius 3 is 2.35 bits per heavy atom. The SMILES string of the molecule is CCCCCCCc1ccc(OCCO)cc1. The maximum atomic E-state index is 8.64. The van der Waals surface area contributed by atoms with Gasteiger partial charge in [0.2, 0.25) is 0 Å². The molecule has 0 radical (unpaired) electrons. The molecule has 0 unspecified atom stereocenters. The van der Waals surface area contributed by atoms with Crippen molar-refractivity contribution in [3.63, 3.8) is 0 Å². The molecule has 0 amide bonds. The van der Waals surface area contributed by atoms with Gasteiger partial charge in [-0.1, -0.05) is 44.7 Å². The van der Waals surface area contributed by atoms with Gasteiger partial charge in [-0.2, -0.15) is 0 Å². The minimum Gasteiger partial charge on any atom is -0.491 e. The Hall–Kier alpha value is -1.02. The fourth-order valence-corrected chi connectivity index (χ4v) is 1.85. The smallest absolute Gasteiger partial charge is 0.119 e. The molecule has 0 saturated carbocycles. The van der Waals surface area contributed by atoms with E-state index >= 15 is 0 Å². The molecule has 0 bridgehead atoms. The Bertz CT molecular complexity index is 279. The summed E-state index contributed by atoms with van der Waals surface area (Å²) in [7, 11) is 0. The summed E-state index contributed by atoms with van der Waals surface area (Å²) < 4.78 is 5.32. The van der Waals surface area contributed by atoms with Crippen molar-refractivity contribution in [2.24, 2.45) is 0 Å². The molecule has 0 atom stereocenters. The highest BCUT2D eigenvalue weighted by atomic mass is 16.5. The molecular formula is C15H24O2. The topological polar surface area (TPSA) is 29.5 Å².